The molecule has 0 aromatic rings. The van der Waals surface area contributed by atoms with Gasteiger partial charge in [-0.25, -0.2) is 0 Å². The Labute approximate surface area is 123 Å². The van der Waals surface area contributed by atoms with Crippen LogP contribution in [-0.2, 0) is 4.79 Å². The van der Waals surface area contributed by atoms with Gasteiger partial charge in [0.1, 0.15) is 0 Å². The number of likely N-dealkylation sites (N-methyl/N-ethyl adjacent to an activating group) is 1. The molecule has 0 aromatic carbocycles. The molecular formula is C15H31N3O2. The van der Waals surface area contributed by atoms with Crippen LogP contribution in [0.1, 0.15) is 33.6 Å². The SMILES string of the molecule is CC(O)CN1CCC(CN(C)C(=O)C(N)C(C)C)CC1. The van der Waals surface area contributed by atoms with Gasteiger partial charge >= 0.3 is 0 Å². The quantitative estimate of drug-likeness (QED) is 0.746. The van der Waals surface area contributed by atoms with Gasteiger partial charge in [-0.3, -0.25) is 4.79 Å². The van der Waals surface area contributed by atoms with E-state index in [2.05, 4.69) is 4.90 Å². The zero-order valence-electron chi connectivity index (χ0n) is 13.4. The first-order valence-electron chi connectivity index (χ1n) is 7.72. The van der Waals surface area contributed by atoms with E-state index in [0.717, 1.165) is 39.0 Å². The molecule has 20 heavy (non-hydrogen) atoms. The number of nitrogens with two attached hydrogens (primary N) is 1. The molecule has 1 fully saturated rings. The first-order valence-corrected chi connectivity index (χ1v) is 7.72. The molecule has 2 unspecified atom stereocenters. The van der Waals surface area contributed by atoms with Crippen LogP contribution in [0.5, 0.6) is 0 Å². The summed E-state index contributed by atoms with van der Waals surface area (Å²) in [5.74, 6) is 0.776. The van der Waals surface area contributed by atoms with Crippen molar-refractivity contribution in [1.29, 1.82) is 0 Å². The molecular weight excluding hydrogens is 254 g/mol. The fraction of sp³-hybridized carbons (Fsp3) is 0.933. The molecule has 0 aromatic heterocycles. The van der Waals surface area contributed by atoms with E-state index in [1.165, 1.54) is 0 Å². The topological polar surface area (TPSA) is 69.8 Å². The maximum Gasteiger partial charge on any atom is 0.239 e. The predicted octanol–water partition coefficient (Wildman–Crippen LogP) is 0.521. The number of aliphatic hydroxyl groups excluding tert-OH is 1. The lowest BCUT2D eigenvalue weighted by Gasteiger charge is -2.35. The Morgan fingerprint density at radius 1 is 1.35 bits per heavy atom. The molecule has 0 aliphatic carbocycles. The highest BCUT2D eigenvalue weighted by Gasteiger charge is 2.25. The van der Waals surface area contributed by atoms with Crippen LogP contribution in [0.25, 0.3) is 0 Å². The molecule has 118 valence electrons. The summed E-state index contributed by atoms with van der Waals surface area (Å²) in [5, 5.41) is 9.39. The Morgan fingerprint density at radius 2 is 1.90 bits per heavy atom. The standard InChI is InChI=1S/C15H31N3O2/c1-11(2)14(16)15(20)17(4)10-13-5-7-18(8-6-13)9-12(3)19/h11-14,19H,5-10,16H2,1-4H3. The van der Waals surface area contributed by atoms with Gasteiger partial charge in [0.15, 0.2) is 0 Å². The molecule has 1 heterocycles. The van der Waals surface area contributed by atoms with E-state index < -0.39 is 6.04 Å². The monoisotopic (exact) mass is 285 g/mol. The number of nitrogens with zero attached hydrogens (tertiary/aromatic N) is 2. The Morgan fingerprint density at radius 3 is 2.35 bits per heavy atom. The van der Waals surface area contributed by atoms with Gasteiger partial charge in [-0.1, -0.05) is 13.8 Å². The van der Waals surface area contributed by atoms with Gasteiger partial charge in [0.25, 0.3) is 0 Å². The number of piperidine rings is 1. The van der Waals surface area contributed by atoms with Gasteiger partial charge in [0.2, 0.25) is 5.91 Å². The van der Waals surface area contributed by atoms with Crippen molar-refractivity contribution in [2.45, 2.75) is 45.8 Å². The van der Waals surface area contributed by atoms with E-state index in [4.69, 9.17) is 5.73 Å². The van der Waals surface area contributed by atoms with E-state index in [1.54, 1.807) is 4.90 Å². The zero-order chi connectivity index (χ0) is 15.3. The van der Waals surface area contributed by atoms with Crippen molar-refractivity contribution in [1.82, 2.24) is 9.80 Å². The highest BCUT2D eigenvalue weighted by Crippen LogP contribution is 2.18. The van der Waals surface area contributed by atoms with Crippen LogP contribution in [0.2, 0.25) is 0 Å². The Hall–Kier alpha value is -0.650. The van der Waals surface area contributed by atoms with Crippen LogP contribution in [-0.4, -0.2) is 66.2 Å². The normalized spacial score (nSPS) is 20.9. The zero-order valence-corrected chi connectivity index (χ0v) is 13.4. The van der Waals surface area contributed by atoms with E-state index in [1.807, 2.05) is 27.8 Å². The first-order chi connectivity index (χ1) is 9.31. The van der Waals surface area contributed by atoms with Crippen molar-refractivity contribution in [2.24, 2.45) is 17.6 Å². The van der Waals surface area contributed by atoms with E-state index in [9.17, 15) is 9.90 Å². The van der Waals surface area contributed by atoms with Crippen molar-refractivity contribution in [2.75, 3.05) is 33.2 Å². The molecule has 1 rings (SSSR count). The lowest BCUT2D eigenvalue weighted by Crippen LogP contribution is -2.47. The van der Waals surface area contributed by atoms with Gasteiger partial charge in [-0.15, -0.1) is 0 Å². The lowest BCUT2D eigenvalue weighted by molar-refractivity contribution is -0.133. The Balaban J connectivity index is 2.34. The summed E-state index contributed by atoms with van der Waals surface area (Å²) in [4.78, 5) is 16.2. The Bertz CT molecular complexity index is 299. The molecule has 0 bridgehead atoms. The summed E-state index contributed by atoms with van der Waals surface area (Å²) < 4.78 is 0. The van der Waals surface area contributed by atoms with Crippen molar-refractivity contribution in [3.05, 3.63) is 0 Å². The van der Waals surface area contributed by atoms with Gasteiger partial charge in [0.05, 0.1) is 12.1 Å². The molecule has 1 aliphatic rings. The fourth-order valence-electron chi connectivity index (χ4n) is 2.74. The average Bonchev–Trinajstić information content (AvgIpc) is 2.38. The first kappa shape index (κ1) is 17.4. The summed E-state index contributed by atoms with van der Waals surface area (Å²) in [6, 6.07) is -0.393. The number of carbonyl (C=O) groups is 1. The average molecular weight is 285 g/mol. The molecule has 3 N–H and O–H groups in total. The van der Waals surface area contributed by atoms with Gasteiger partial charge < -0.3 is 20.6 Å². The Kier molecular flexibility index (Phi) is 6.92. The molecule has 2 atom stereocenters. The smallest absolute Gasteiger partial charge is 0.239 e. The number of carbonyl (C=O) groups excluding carboxylic acids is 1. The van der Waals surface area contributed by atoms with Crippen molar-refractivity contribution in [3.8, 4) is 0 Å². The maximum atomic E-state index is 12.1. The molecule has 1 amide bonds. The molecule has 1 saturated heterocycles. The third kappa shape index (κ3) is 5.38. The van der Waals surface area contributed by atoms with Crippen LogP contribution in [0.15, 0.2) is 0 Å². The van der Waals surface area contributed by atoms with Crippen LogP contribution < -0.4 is 5.73 Å². The van der Waals surface area contributed by atoms with E-state index in [0.29, 0.717) is 5.92 Å². The van der Waals surface area contributed by atoms with Gasteiger partial charge in [-0.2, -0.15) is 0 Å². The molecule has 5 heteroatoms. The minimum atomic E-state index is -0.393. The van der Waals surface area contributed by atoms with Crippen LogP contribution in [0, 0.1) is 11.8 Å². The van der Waals surface area contributed by atoms with Gasteiger partial charge in [0, 0.05) is 20.1 Å². The number of likely N-dealkylation sites (tertiary alicyclic amines) is 1. The van der Waals surface area contributed by atoms with Crippen molar-refractivity contribution >= 4 is 5.91 Å². The van der Waals surface area contributed by atoms with E-state index in [-0.39, 0.29) is 17.9 Å². The summed E-state index contributed by atoms with van der Waals surface area (Å²) in [6.45, 7) is 9.34. The molecule has 1 aliphatic heterocycles. The summed E-state index contributed by atoms with van der Waals surface area (Å²) in [6.07, 6.45) is 1.91. The van der Waals surface area contributed by atoms with Crippen molar-refractivity contribution in [3.63, 3.8) is 0 Å². The second-order valence-electron chi connectivity index (χ2n) is 6.58. The second-order valence-corrected chi connectivity index (χ2v) is 6.58. The third-order valence-corrected chi connectivity index (χ3v) is 4.14. The largest absolute Gasteiger partial charge is 0.392 e. The molecule has 5 nitrogen and oxygen atoms in total. The highest BCUT2D eigenvalue weighted by molar-refractivity contribution is 5.81. The van der Waals surface area contributed by atoms with Crippen LogP contribution >= 0.6 is 0 Å². The summed E-state index contributed by atoms with van der Waals surface area (Å²) >= 11 is 0. The highest BCUT2D eigenvalue weighted by atomic mass is 16.3. The van der Waals surface area contributed by atoms with Crippen LogP contribution in [0.4, 0.5) is 0 Å². The molecule has 0 spiro atoms. The maximum absolute atomic E-state index is 12.1. The number of β-amino-alcohol motifs (C(OH)–C–C–N with tert-alkyl or cyclic N) is 1. The fourth-order valence-corrected chi connectivity index (χ4v) is 2.74. The second kappa shape index (κ2) is 7.96. The number of rotatable bonds is 6. The third-order valence-electron chi connectivity index (χ3n) is 4.14. The van der Waals surface area contributed by atoms with Crippen LogP contribution in [0.3, 0.4) is 0 Å². The number of hydrogen-bond acceptors (Lipinski definition) is 4. The predicted molar refractivity (Wildman–Crippen MR) is 81.3 cm³/mol. The molecule has 0 radical (unpaired) electrons. The number of aliphatic hydroxyl groups is 1. The van der Waals surface area contributed by atoms with Crippen molar-refractivity contribution < 1.29 is 9.90 Å². The number of amides is 1. The minimum absolute atomic E-state index is 0.0476. The summed E-state index contributed by atoms with van der Waals surface area (Å²) in [5.41, 5.74) is 5.92. The van der Waals surface area contributed by atoms with Gasteiger partial charge in [-0.05, 0) is 44.7 Å². The summed E-state index contributed by atoms with van der Waals surface area (Å²) in [7, 11) is 1.85. The van der Waals surface area contributed by atoms with E-state index >= 15 is 0 Å². The molecule has 0 saturated carbocycles. The minimum Gasteiger partial charge on any atom is -0.392 e. The lowest BCUT2D eigenvalue weighted by atomic mass is 9.95. The number of hydrogen-bond donors (Lipinski definition) is 2.